The first kappa shape index (κ1) is 20.0. The smallest absolute Gasteiger partial charge is 0.226 e. The molecule has 1 aromatic carbocycles. The van der Waals surface area contributed by atoms with Crippen LogP contribution in [0.1, 0.15) is 36.6 Å². The Hall–Kier alpha value is -3.26. The minimum atomic E-state index is -0.433. The molecule has 0 bridgehead atoms. The third-order valence-corrected chi connectivity index (χ3v) is 5.32. The van der Waals surface area contributed by atoms with Crippen LogP contribution >= 0.6 is 0 Å². The molecule has 4 rings (SSSR count). The molecular formula is C22H23FN4O3. The summed E-state index contributed by atoms with van der Waals surface area (Å²) in [4.78, 5) is 17.1. The number of nitrogens with zero attached hydrogens (tertiary/aromatic N) is 3. The quantitative estimate of drug-likeness (QED) is 0.674. The van der Waals surface area contributed by atoms with Crippen LogP contribution in [0.3, 0.4) is 0 Å². The van der Waals surface area contributed by atoms with Gasteiger partial charge in [-0.25, -0.2) is 9.07 Å². The van der Waals surface area contributed by atoms with Crippen LogP contribution in [0.4, 0.5) is 4.39 Å². The number of pyridine rings is 1. The molecule has 30 heavy (non-hydrogen) atoms. The maximum atomic E-state index is 14.1. The summed E-state index contributed by atoms with van der Waals surface area (Å²) in [6, 6.07) is 7.98. The highest BCUT2D eigenvalue weighted by Crippen LogP contribution is 2.35. The molecule has 3 atom stereocenters. The topological polar surface area (TPSA) is 78.3 Å². The molecule has 0 aliphatic carbocycles. The fourth-order valence-corrected chi connectivity index (χ4v) is 3.76. The molecule has 0 saturated carbocycles. The molecule has 3 heterocycles. The first-order chi connectivity index (χ1) is 14.6. The molecule has 2 aromatic heterocycles. The van der Waals surface area contributed by atoms with Crippen molar-refractivity contribution in [1.82, 2.24) is 20.1 Å². The van der Waals surface area contributed by atoms with Gasteiger partial charge in [0, 0.05) is 30.1 Å². The highest BCUT2D eigenvalue weighted by atomic mass is 19.1. The van der Waals surface area contributed by atoms with E-state index in [4.69, 9.17) is 9.47 Å². The van der Waals surface area contributed by atoms with E-state index in [2.05, 4.69) is 15.4 Å². The Morgan fingerprint density at radius 1 is 1.33 bits per heavy atom. The molecule has 0 spiro atoms. The van der Waals surface area contributed by atoms with Gasteiger partial charge in [0.25, 0.3) is 0 Å². The number of nitrogens with one attached hydrogen (secondary N) is 1. The van der Waals surface area contributed by atoms with E-state index in [0.29, 0.717) is 24.5 Å². The van der Waals surface area contributed by atoms with Crippen LogP contribution in [0.15, 0.2) is 55.1 Å². The Morgan fingerprint density at radius 2 is 2.17 bits per heavy atom. The number of hydrogen-bond donors (Lipinski definition) is 1. The molecule has 1 aliphatic rings. The summed E-state index contributed by atoms with van der Waals surface area (Å²) in [5.74, 6) is -0.217. The Balaban J connectivity index is 1.50. The summed E-state index contributed by atoms with van der Waals surface area (Å²) in [5, 5.41) is 7.30. The molecule has 7 nitrogen and oxygen atoms in total. The minimum absolute atomic E-state index is 0.109. The number of hydrogen-bond acceptors (Lipinski definition) is 5. The fourth-order valence-electron chi connectivity index (χ4n) is 3.76. The van der Waals surface area contributed by atoms with Gasteiger partial charge in [0.1, 0.15) is 17.3 Å². The molecule has 3 aromatic rings. The summed E-state index contributed by atoms with van der Waals surface area (Å²) in [7, 11) is 1.57. The predicted molar refractivity (Wildman–Crippen MR) is 108 cm³/mol. The lowest BCUT2D eigenvalue weighted by molar-refractivity contribution is -0.127. The van der Waals surface area contributed by atoms with Gasteiger partial charge in [0.2, 0.25) is 5.91 Å². The number of carbonyl (C=O) groups excluding carboxylic acids is 1. The van der Waals surface area contributed by atoms with E-state index in [1.807, 2.05) is 13.0 Å². The molecule has 0 radical (unpaired) electrons. The number of halogens is 1. The van der Waals surface area contributed by atoms with Crippen molar-refractivity contribution in [1.29, 1.82) is 0 Å². The highest BCUT2D eigenvalue weighted by Gasteiger charge is 2.36. The van der Waals surface area contributed by atoms with Crippen LogP contribution in [-0.4, -0.2) is 34.4 Å². The van der Waals surface area contributed by atoms with E-state index in [-0.39, 0.29) is 23.7 Å². The summed E-state index contributed by atoms with van der Waals surface area (Å²) in [5.41, 5.74) is 1.94. The number of rotatable bonds is 6. The average molecular weight is 410 g/mol. The van der Waals surface area contributed by atoms with Crippen molar-refractivity contribution in [3.63, 3.8) is 0 Å². The lowest BCUT2D eigenvalue weighted by atomic mass is 9.95. The Morgan fingerprint density at radius 3 is 2.97 bits per heavy atom. The molecular weight excluding hydrogens is 387 g/mol. The van der Waals surface area contributed by atoms with Crippen LogP contribution in [-0.2, 0) is 9.53 Å². The Bertz CT molecular complexity index is 1040. The zero-order chi connectivity index (χ0) is 21.1. The molecule has 1 N–H and O–H groups in total. The standard InChI is InChI=1S/C22H23FN4O3/c1-14(16-7-9-24-12-20(16)29-2)26-22(28)17-8-10-30-21(17)15-11-25-27(13-15)19-6-4-3-5-18(19)23/h3-7,9,11-14,17,21H,8,10H2,1-2H3,(H,26,28)/t14-,17+,21-/m1/s1. The van der Waals surface area contributed by atoms with Crippen molar-refractivity contribution in [2.75, 3.05) is 13.7 Å². The van der Waals surface area contributed by atoms with Crippen molar-refractivity contribution in [3.8, 4) is 11.4 Å². The van der Waals surface area contributed by atoms with Gasteiger partial charge in [-0.1, -0.05) is 12.1 Å². The first-order valence-corrected chi connectivity index (χ1v) is 9.78. The number of para-hydroxylation sites is 1. The van der Waals surface area contributed by atoms with E-state index in [0.717, 1.165) is 11.1 Å². The van der Waals surface area contributed by atoms with Crippen molar-refractivity contribution in [2.45, 2.75) is 25.5 Å². The van der Waals surface area contributed by atoms with Gasteiger partial charge in [0.05, 0.1) is 37.6 Å². The van der Waals surface area contributed by atoms with Gasteiger partial charge in [-0.15, -0.1) is 0 Å². The van der Waals surface area contributed by atoms with Crippen molar-refractivity contribution >= 4 is 5.91 Å². The molecule has 0 unspecified atom stereocenters. The summed E-state index contributed by atoms with van der Waals surface area (Å²) >= 11 is 0. The van der Waals surface area contributed by atoms with E-state index >= 15 is 0 Å². The average Bonchev–Trinajstić information content (AvgIpc) is 3.43. The molecule has 1 saturated heterocycles. The van der Waals surface area contributed by atoms with Gasteiger partial charge in [-0.2, -0.15) is 5.10 Å². The molecule has 1 amide bonds. The lowest BCUT2D eigenvalue weighted by Gasteiger charge is -2.21. The van der Waals surface area contributed by atoms with E-state index in [9.17, 15) is 9.18 Å². The second-order valence-electron chi connectivity index (χ2n) is 7.20. The summed E-state index contributed by atoms with van der Waals surface area (Å²) in [6.07, 6.45) is 6.79. The third kappa shape index (κ3) is 3.91. The Kier molecular flexibility index (Phi) is 5.76. The van der Waals surface area contributed by atoms with Crippen LogP contribution in [0.25, 0.3) is 5.69 Å². The number of amides is 1. The van der Waals surface area contributed by atoms with E-state index < -0.39 is 6.10 Å². The van der Waals surface area contributed by atoms with Crippen LogP contribution < -0.4 is 10.1 Å². The fraction of sp³-hybridized carbons (Fsp3) is 0.318. The Labute approximate surface area is 173 Å². The number of carbonyl (C=O) groups is 1. The van der Waals surface area contributed by atoms with Gasteiger partial charge in [-0.3, -0.25) is 9.78 Å². The maximum Gasteiger partial charge on any atom is 0.226 e. The van der Waals surface area contributed by atoms with Crippen LogP contribution in [0.2, 0.25) is 0 Å². The largest absolute Gasteiger partial charge is 0.495 e. The highest BCUT2D eigenvalue weighted by molar-refractivity contribution is 5.80. The van der Waals surface area contributed by atoms with Crippen molar-refractivity contribution < 1.29 is 18.7 Å². The minimum Gasteiger partial charge on any atom is -0.495 e. The molecule has 8 heteroatoms. The lowest BCUT2D eigenvalue weighted by Crippen LogP contribution is -2.34. The molecule has 156 valence electrons. The van der Waals surface area contributed by atoms with E-state index in [1.54, 1.807) is 50.1 Å². The summed E-state index contributed by atoms with van der Waals surface area (Å²) < 4.78 is 26.7. The third-order valence-electron chi connectivity index (χ3n) is 5.32. The SMILES string of the molecule is COc1cnccc1[C@@H](C)NC(=O)[C@H]1CCO[C@@H]1c1cnn(-c2ccccc2F)c1. The predicted octanol–water partition coefficient (Wildman–Crippen LogP) is 3.37. The van der Waals surface area contributed by atoms with E-state index in [1.165, 1.54) is 10.7 Å². The normalized spacial score (nSPS) is 19.4. The van der Waals surface area contributed by atoms with Crippen LogP contribution in [0, 0.1) is 11.7 Å². The number of benzene rings is 1. The maximum absolute atomic E-state index is 14.1. The first-order valence-electron chi connectivity index (χ1n) is 9.78. The molecule has 1 fully saturated rings. The van der Waals surface area contributed by atoms with Gasteiger partial charge < -0.3 is 14.8 Å². The monoisotopic (exact) mass is 410 g/mol. The van der Waals surface area contributed by atoms with Gasteiger partial charge in [-0.05, 0) is 31.5 Å². The van der Waals surface area contributed by atoms with Crippen molar-refractivity contribution in [2.24, 2.45) is 5.92 Å². The van der Waals surface area contributed by atoms with Gasteiger partial charge in [0.15, 0.2) is 0 Å². The number of aromatic nitrogens is 3. The van der Waals surface area contributed by atoms with Crippen LogP contribution in [0.5, 0.6) is 5.75 Å². The second kappa shape index (κ2) is 8.62. The second-order valence-corrected chi connectivity index (χ2v) is 7.20. The zero-order valence-corrected chi connectivity index (χ0v) is 16.8. The zero-order valence-electron chi connectivity index (χ0n) is 16.8. The van der Waals surface area contributed by atoms with Crippen molar-refractivity contribution in [3.05, 3.63) is 72.1 Å². The number of methoxy groups -OCH3 is 1. The summed E-state index contributed by atoms with van der Waals surface area (Å²) in [6.45, 7) is 2.37. The number of ether oxygens (including phenoxy) is 2. The molecule has 1 aliphatic heterocycles. The van der Waals surface area contributed by atoms with Gasteiger partial charge >= 0.3 is 0 Å².